The van der Waals surface area contributed by atoms with Crippen molar-refractivity contribution in [2.75, 3.05) is 6.61 Å². The van der Waals surface area contributed by atoms with Gasteiger partial charge < -0.3 is 19.2 Å². The van der Waals surface area contributed by atoms with Gasteiger partial charge in [0.1, 0.15) is 5.75 Å². The summed E-state index contributed by atoms with van der Waals surface area (Å²) in [5.74, 6) is -0.182. The molecule has 0 aromatic heterocycles. The first kappa shape index (κ1) is 24.0. The average Bonchev–Trinajstić information content (AvgIpc) is 2.77. The minimum atomic E-state index is -1.25. The highest BCUT2D eigenvalue weighted by molar-refractivity contribution is 6.76. The zero-order valence-electron chi connectivity index (χ0n) is 19.3. The topological polar surface area (TPSA) is 65.0 Å². The summed E-state index contributed by atoms with van der Waals surface area (Å²) in [6.07, 6.45) is 2.28. The lowest BCUT2D eigenvalue weighted by molar-refractivity contribution is 0.00578. The molecule has 1 aliphatic heterocycles. The smallest absolute Gasteiger partial charge is 0.457 e. The van der Waals surface area contributed by atoms with E-state index in [-0.39, 0.29) is 30.0 Å². The predicted octanol–water partition coefficient (Wildman–Crippen LogP) is 5.22. The summed E-state index contributed by atoms with van der Waals surface area (Å²) in [4.78, 5) is 12.4. The third-order valence-electron chi connectivity index (χ3n) is 6.01. The van der Waals surface area contributed by atoms with Crippen molar-refractivity contribution in [3.8, 4) is 5.75 Å². The molecule has 0 amide bonds. The number of rotatable bonds is 8. The van der Waals surface area contributed by atoms with Crippen molar-refractivity contribution in [1.29, 1.82) is 0 Å². The maximum absolute atomic E-state index is 12.4. The molecule has 1 saturated heterocycles. The highest BCUT2D eigenvalue weighted by Gasteiger charge is 2.50. The Kier molecular flexibility index (Phi) is 7.29. The molecule has 0 aliphatic carbocycles. The van der Waals surface area contributed by atoms with Crippen molar-refractivity contribution in [3.63, 3.8) is 0 Å². The van der Waals surface area contributed by atoms with Crippen LogP contribution < -0.4 is 0 Å². The van der Waals surface area contributed by atoms with Crippen LogP contribution in [0.3, 0.4) is 0 Å². The standard InChI is InChI=1S/C22H37BO5Si/c1-16-18(20(25)26-14-15-29(6,7)8)12-11-17(19(16)24)10-9-13-23-27-21(2,3)22(4,5)28-23/h11-12,24H,9-10,13-15H2,1-8H3. The number of hydrogen-bond donors (Lipinski definition) is 1. The summed E-state index contributed by atoms with van der Waals surface area (Å²) in [5, 5.41) is 10.6. The van der Waals surface area contributed by atoms with Gasteiger partial charge in [0.25, 0.3) is 0 Å². The molecule has 0 saturated carbocycles. The average molecular weight is 420 g/mol. The molecule has 2 rings (SSSR count). The number of carbonyl (C=O) groups excluding carboxylic acids is 1. The van der Waals surface area contributed by atoms with E-state index in [0.717, 1.165) is 24.3 Å². The maximum atomic E-state index is 12.4. The first-order valence-corrected chi connectivity index (χ1v) is 14.3. The Balaban J connectivity index is 1.92. The van der Waals surface area contributed by atoms with Crippen molar-refractivity contribution in [2.24, 2.45) is 0 Å². The van der Waals surface area contributed by atoms with E-state index in [9.17, 15) is 9.90 Å². The summed E-state index contributed by atoms with van der Waals surface area (Å²) in [7, 11) is -1.48. The molecule has 0 atom stereocenters. The summed E-state index contributed by atoms with van der Waals surface area (Å²) < 4.78 is 17.5. The fraction of sp³-hybridized carbons (Fsp3) is 0.682. The molecule has 1 aliphatic rings. The maximum Gasteiger partial charge on any atom is 0.457 e. The molecule has 0 radical (unpaired) electrons. The third kappa shape index (κ3) is 6.09. The van der Waals surface area contributed by atoms with Gasteiger partial charge in [-0.2, -0.15) is 0 Å². The minimum Gasteiger partial charge on any atom is -0.507 e. The molecule has 1 fully saturated rings. The van der Waals surface area contributed by atoms with E-state index < -0.39 is 8.07 Å². The molecule has 1 N–H and O–H groups in total. The molecule has 1 aromatic carbocycles. The van der Waals surface area contributed by atoms with Crippen molar-refractivity contribution < 1.29 is 23.9 Å². The van der Waals surface area contributed by atoms with Gasteiger partial charge in [0.15, 0.2) is 0 Å². The van der Waals surface area contributed by atoms with E-state index in [1.54, 1.807) is 13.0 Å². The molecular weight excluding hydrogens is 383 g/mol. The number of benzene rings is 1. The SMILES string of the molecule is Cc1c(C(=O)OCC[Si](C)(C)C)ccc(CCCB2OC(C)(C)C(C)(C)O2)c1O. The lowest BCUT2D eigenvalue weighted by Gasteiger charge is -2.32. The second-order valence-electron chi connectivity index (χ2n) is 10.3. The second-order valence-corrected chi connectivity index (χ2v) is 15.9. The fourth-order valence-corrected chi connectivity index (χ4v) is 3.96. The van der Waals surface area contributed by atoms with Gasteiger partial charge in [0.2, 0.25) is 0 Å². The third-order valence-corrected chi connectivity index (χ3v) is 7.71. The van der Waals surface area contributed by atoms with Crippen molar-refractivity contribution in [1.82, 2.24) is 0 Å². The second kappa shape index (κ2) is 8.82. The molecule has 0 unspecified atom stereocenters. The number of aryl methyl sites for hydroxylation is 1. The first-order chi connectivity index (χ1) is 13.2. The Bertz CT molecular complexity index is 723. The molecule has 7 heteroatoms. The van der Waals surface area contributed by atoms with Crippen LogP contribution in [0.15, 0.2) is 12.1 Å². The van der Waals surface area contributed by atoms with Crippen LogP contribution in [0.1, 0.15) is 55.6 Å². The number of ether oxygens (including phenoxy) is 1. The van der Waals surface area contributed by atoms with E-state index in [1.165, 1.54) is 0 Å². The molecule has 29 heavy (non-hydrogen) atoms. The van der Waals surface area contributed by atoms with Crippen LogP contribution in [-0.4, -0.2) is 44.1 Å². The summed E-state index contributed by atoms with van der Waals surface area (Å²) in [6.45, 7) is 17.1. The fourth-order valence-electron chi connectivity index (χ4n) is 3.25. The summed E-state index contributed by atoms with van der Waals surface area (Å²) in [6, 6.07) is 4.51. The summed E-state index contributed by atoms with van der Waals surface area (Å²) in [5.41, 5.74) is 1.20. The van der Waals surface area contributed by atoms with Gasteiger partial charge in [0.05, 0.1) is 23.4 Å². The number of hydrogen-bond acceptors (Lipinski definition) is 5. The van der Waals surface area contributed by atoms with Gasteiger partial charge in [-0.15, -0.1) is 0 Å². The first-order valence-electron chi connectivity index (χ1n) is 10.6. The van der Waals surface area contributed by atoms with Gasteiger partial charge in [-0.05, 0) is 65.0 Å². The zero-order valence-corrected chi connectivity index (χ0v) is 20.3. The zero-order chi connectivity index (χ0) is 22.0. The van der Waals surface area contributed by atoms with Gasteiger partial charge in [-0.3, -0.25) is 0 Å². The van der Waals surface area contributed by atoms with Crippen LogP contribution in [-0.2, 0) is 20.5 Å². The molecule has 5 nitrogen and oxygen atoms in total. The number of phenolic OH excluding ortho intramolecular Hbond substituents is 1. The van der Waals surface area contributed by atoms with Gasteiger partial charge in [-0.1, -0.05) is 32.1 Å². The van der Waals surface area contributed by atoms with E-state index in [4.69, 9.17) is 14.0 Å². The van der Waals surface area contributed by atoms with E-state index in [0.29, 0.717) is 24.2 Å². The Hall–Kier alpha value is -1.31. The number of phenols is 1. The van der Waals surface area contributed by atoms with Crippen LogP contribution in [0, 0.1) is 6.92 Å². The van der Waals surface area contributed by atoms with Crippen molar-refractivity contribution >= 4 is 21.2 Å². The number of carbonyl (C=O) groups is 1. The molecule has 0 spiro atoms. The van der Waals surface area contributed by atoms with Crippen LogP contribution in [0.2, 0.25) is 32.0 Å². The normalized spacial score (nSPS) is 18.1. The van der Waals surface area contributed by atoms with Gasteiger partial charge in [0, 0.05) is 13.6 Å². The highest BCUT2D eigenvalue weighted by Crippen LogP contribution is 2.38. The van der Waals surface area contributed by atoms with Gasteiger partial charge >= 0.3 is 13.1 Å². The molecular formula is C22H37BO5Si. The number of esters is 1. The highest BCUT2D eigenvalue weighted by atomic mass is 28.3. The van der Waals surface area contributed by atoms with Crippen LogP contribution in [0.5, 0.6) is 5.75 Å². The molecule has 162 valence electrons. The largest absolute Gasteiger partial charge is 0.507 e. The van der Waals surface area contributed by atoms with Crippen LogP contribution in [0.4, 0.5) is 0 Å². The lowest BCUT2D eigenvalue weighted by Crippen LogP contribution is -2.41. The Labute approximate surface area is 177 Å². The van der Waals surface area contributed by atoms with Crippen LogP contribution in [0.25, 0.3) is 0 Å². The monoisotopic (exact) mass is 420 g/mol. The van der Waals surface area contributed by atoms with E-state index >= 15 is 0 Å². The van der Waals surface area contributed by atoms with E-state index in [2.05, 4.69) is 19.6 Å². The molecule has 1 aromatic rings. The predicted molar refractivity (Wildman–Crippen MR) is 120 cm³/mol. The lowest BCUT2D eigenvalue weighted by atomic mass is 9.81. The Morgan fingerprint density at radius 1 is 1.14 bits per heavy atom. The molecule has 1 heterocycles. The van der Waals surface area contributed by atoms with Gasteiger partial charge in [-0.25, -0.2) is 4.79 Å². The van der Waals surface area contributed by atoms with E-state index in [1.807, 2.05) is 33.8 Å². The minimum absolute atomic E-state index is 0.179. The number of aromatic hydroxyl groups is 1. The van der Waals surface area contributed by atoms with Crippen molar-refractivity contribution in [3.05, 3.63) is 28.8 Å². The molecule has 0 bridgehead atoms. The Morgan fingerprint density at radius 2 is 1.72 bits per heavy atom. The summed E-state index contributed by atoms with van der Waals surface area (Å²) >= 11 is 0. The van der Waals surface area contributed by atoms with Crippen molar-refractivity contribution in [2.45, 2.75) is 90.7 Å². The van der Waals surface area contributed by atoms with Crippen LogP contribution >= 0.6 is 0 Å². The Morgan fingerprint density at radius 3 is 2.28 bits per heavy atom. The quantitative estimate of drug-likeness (QED) is 0.461.